The van der Waals surface area contributed by atoms with Gasteiger partial charge in [0.1, 0.15) is 0 Å². The van der Waals surface area contributed by atoms with E-state index in [1.165, 1.54) is 25.7 Å². The molecule has 1 aromatic heterocycles. The maximum atomic E-state index is 5.38. The molecule has 0 bridgehead atoms. The number of nitrogens with two attached hydrogens (primary N) is 1. The molecule has 0 amide bonds. The third-order valence-electron chi connectivity index (χ3n) is 2.37. The summed E-state index contributed by atoms with van der Waals surface area (Å²) in [5.74, 6) is 1.91. The van der Waals surface area contributed by atoms with Gasteiger partial charge in [-0.05, 0) is 12.8 Å². The van der Waals surface area contributed by atoms with Gasteiger partial charge in [-0.3, -0.25) is 0 Å². The van der Waals surface area contributed by atoms with Crippen LogP contribution in [0, 0.1) is 0 Å². The molecule has 4 heteroatoms. The van der Waals surface area contributed by atoms with Gasteiger partial charge in [-0.2, -0.15) is 4.98 Å². The Bertz CT molecular complexity index is 253. The zero-order valence-electron chi connectivity index (χ0n) is 6.99. The van der Waals surface area contributed by atoms with Gasteiger partial charge in [-0.1, -0.05) is 18.0 Å². The minimum Gasteiger partial charge on any atom is -0.339 e. The fourth-order valence-corrected chi connectivity index (χ4v) is 1.69. The highest BCUT2D eigenvalue weighted by molar-refractivity contribution is 4.95. The summed E-state index contributed by atoms with van der Waals surface area (Å²) in [6, 6.07) is 0. The predicted molar refractivity (Wildman–Crippen MR) is 43.4 cm³/mol. The maximum absolute atomic E-state index is 5.38. The Kier molecular flexibility index (Phi) is 2.08. The summed E-state index contributed by atoms with van der Waals surface area (Å²) in [6.07, 6.45) is 4.94. The zero-order valence-corrected chi connectivity index (χ0v) is 6.99. The molecule has 0 atom stereocenters. The van der Waals surface area contributed by atoms with Crippen molar-refractivity contribution in [2.24, 2.45) is 5.73 Å². The summed E-state index contributed by atoms with van der Waals surface area (Å²) in [4.78, 5) is 4.21. The zero-order chi connectivity index (χ0) is 8.39. The van der Waals surface area contributed by atoms with Gasteiger partial charge in [0.2, 0.25) is 5.89 Å². The van der Waals surface area contributed by atoms with Crippen molar-refractivity contribution in [3.63, 3.8) is 0 Å². The van der Waals surface area contributed by atoms with Crippen molar-refractivity contribution in [1.82, 2.24) is 10.1 Å². The molecule has 4 nitrogen and oxygen atoms in total. The van der Waals surface area contributed by atoms with Gasteiger partial charge >= 0.3 is 0 Å². The fourth-order valence-electron chi connectivity index (χ4n) is 1.69. The van der Waals surface area contributed by atoms with Gasteiger partial charge in [-0.15, -0.1) is 0 Å². The summed E-state index contributed by atoms with van der Waals surface area (Å²) in [5, 5.41) is 3.77. The van der Waals surface area contributed by atoms with Crippen LogP contribution in [0.25, 0.3) is 0 Å². The van der Waals surface area contributed by atoms with Crippen LogP contribution in [0.3, 0.4) is 0 Å². The number of hydrogen-bond donors (Lipinski definition) is 1. The quantitative estimate of drug-likeness (QED) is 0.718. The van der Waals surface area contributed by atoms with E-state index in [0.717, 1.165) is 5.89 Å². The van der Waals surface area contributed by atoms with Crippen LogP contribution in [0.5, 0.6) is 0 Å². The number of nitrogens with zero attached hydrogens (tertiary/aromatic N) is 2. The molecule has 66 valence electrons. The summed E-state index contributed by atoms with van der Waals surface area (Å²) in [5.41, 5.74) is 5.38. The molecular weight excluding hydrogens is 154 g/mol. The molecule has 1 aliphatic carbocycles. The third kappa shape index (κ3) is 1.34. The van der Waals surface area contributed by atoms with Crippen molar-refractivity contribution in [2.75, 3.05) is 0 Å². The molecule has 1 heterocycles. The second-order valence-electron chi connectivity index (χ2n) is 3.23. The van der Waals surface area contributed by atoms with Gasteiger partial charge < -0.3 is 10.3 Å². The van der Waals surface area contributed by atoms with Crippen LogP contribution >= 0.6 is 0 Å². The van der Waals surface area contributed by atoms with Gasteiger partial charge in [-0.25, -0.2) is 0 Å². The first kappa shape index (κ1) is 7.73. The highest BCUT2D eigenvalue weighted by Crippen LogP contribution is 2.32. The molecule has 0 aliphatic heterocycles. The lowest BCUT2D eigenvalue weighted by molar-refractivity contribution is 0.350. The molecule has 0 saturated heterocycles. The minimum absolute atomic E-state index is 0.371. The molecular formula is C8H13N3O. The average molecular weight is 167 g/mol. The van der Waals surface area contributed by atoms with E-state index < -0.39 is 0 Å². The molecule has 12 heavy (non-hydrogen) atoms. The van der Waals surface area contributed by atoms with Crippen molar-refractivity contribution < 1.29 is 4.52 Å². The summed E-state index contributed by atoms with van der Waals surface area (Å²) in [6.45, 7) is 0.371. The van der Waals surface area contributed by atoms with Crippen molar-refractivity contribution in [1.29, 1.82) is 0 Å². The monoisotopic (exact) mass is 167 g/mol. The van der Waals surface area contributed by atoms with Crippen LogP contribution in [-0.2, 0) is 6.54 Å². The highest BCUT2D eigenvalue weighted by Gasteiger charge is 2.22. The second kappa shape index (κ2) is 3.23. The lowest BCUT2D eigenvalue weighted by Gasteiger charge is -1.98. The standard InChI is InChI=1S/C8H13N3O/c9-5-7-10-8(12-11-7)6-3-1-2-4-6/h6H,1-5,9H2. The molecule has 2 rings (SSSR count). The largest absolute Gasteiger partial charge is 0.339 e. The number of hydrogen-bond acceptors (Lipinski definition) is 4. The smallest absolute Gasteiger partial charge is 0.229 e. The third-order valence-corrected chi connectivity index (χ3v) is 2.37. The Labute approximate surface area is 71.1 Å². The average Bonchev–Trinajstić information content (AvgIpc) is 2.75. The van der Waals surface area contributed by atoms with Crippen molar-refractivity contribution in [2.45, 2.75) is 38.1 Å². The maximum Gasteiger partial charge on any atom is 0.229 e. The Balaban J connectivity index is 2.11. The van der Waals surface area contributed by atoms with Crippen LogP contribution in [0.2, 0.25) is 0 Å². The number of aromatic nitrogens is 2. The van der Waals surface area contributed by atoms with E-state index in [2.05, 4.69) is 10.1 Å². The highest BCUT2D eigenvalue weighted by atomic mass is 16.5. The van der Waals surface area contributed by atoms with E-state index in [1.807, 2.05) is 0 Å². The molecule has 0 aromatic carbocycles. The van der Waals surface area contributed by atoms with Gasteiger partial charge in [0.25, 0.3) is 0 Å². The first-order valence-electron chi connectivity index (χ1n) is 4.42. The Hall–Kier alpha value is -0.900. The molecule has 2 N–H and O–H groups in total. The second-order valence-corrected chi connectivity index (χ2v) is 3.23. The van der Waals surface area contributed by atoms with Crippen LogP contribution in [0.4, 0.5) is 0 Å². The minimum atomic E-state index is 0.371. The summed E-state index contributed by atoms with van der Waals surface area (Å²) >= 11 is 0. The van der Waals surface area contributed by atoms with Gasteiger partial charge in [0.15, 0.2) is 5.82 Å². The molecule has 1 aromatic rings. The van der Waals surface area contributed by atoms with Crippen molar-refractivity contribution >= 4 is 0 Å². The first-order valence-corrected chi connectivity index (χ1v) is 4.42. The molecule has 1 aliphatic rings. The van der Waals surface area contributed by atoms with Crippen molar-refractivity contribution in [3.8, 4) is 0 Å². The van der Waals surface area contributed by atoms with E-state index >= 15 is 0 Å². The van der Waals surface area contributed by atoms with Crippen molar-refractivity contribution in [3.05, 3.63) is 11.7 Å². The topological polar surface area (TPSA) is 64.9 Å². The van der Waals surface area contributed by atoms with Crippen LogP contribution in [0.15, 0.2) is 4.52 Å². The van der Waals surface area contributed by atoms with E-state index in [1.54, 1.807) is 0 Å². The predicted octanol–water partition coefficient (Wildman–Crippen LogP) is 1.19. The Morgan fingerprint density at radius 2 is 2.17 bits per heavy atom. The van der Waals surface area contributed by atoms with E-state index in [4.69, 9.17) is 10.3 Å². The molecule has 0 radical (unpaired) electrons. The normalized spacial score (nSPS) is 18.8. The lowest BCUT2D eigenvalue weighted by atomic mass is 10.1. The molecule has 0 unspecified atom stereocenters. The van der Waals surface area contributed by atoms with Crippen LogP contribution in [0.1, 0.15) is 43.3 Å². The van der Waals surface area contributed by atoms with E-state index in [0.29, 0.717) is 18.3 Å². The van der Waals surface area contributed by atoms with Crippen LogP contribution < -0.4 is 5.73 Å². The van der Waals surface area contributed by atoms with Gasteiger partial charge in [0.05, 0.1) is 6.54 Å². The molecule has 1 fully saturated rings. The fraction of sp³-hybridized carbons (Fsp3) is 0.750. The molecule has 1 saturated carbocycles. The van der Waals surface area contributed by atoms with E-state index in [9.17, 15) is 0 Å². The van der Waals surface area contributed by atoms with E-state index in [-0.39, 0.29) is 0 Å². The van der Waals surface area contributed by atoms with Gasteiger partial charge in [0, 0.05) is 5.92 Å². The summed E-state index contributed by atoms with van der Waals surface area (Å²) < 4.78 is 5.10. The Morgan fingerprint density at radius 1 is 1.42 bits per heavy atom. The lowest BCUT2D eigenvalue weighted by Crippen LogP contribution is -1.99. The number of rotatable bonds is 2. The first-order chi connectivity index (χ1) is 5.90. The Morgan fingerprint density at radius 3 is 2.75 bits per heavy atom. The molecule has 0 spiro atoms. The SMILES string of the molecule is NCc1noc(C2CCCC2)n1. The summed E-state index contributed by atoms with van der Waals surface area (Å²) in [7, 11) is 0. The van der Waals surface area contributed by atoms with Crippen LogP contribution in [-0.4, -0.2) is 10.1 Å².